The molecule has 0 rings (SSSR count). The molecule has 4 nitrogen and oxygen atoms in total. The molecule has 0 aliphatic rings. The second-order valence-electron chi connectivity index (χ2n) is 3.99. The fraction of sp³-hybridized carbons (Fsp3) is 0.909. The molecule has 1 atom stereocenters. The van der Waals surface area contributed by atoms with Crippen molar-refractivity contribution in [2.24, 2.45) is 5.73 Å². The van der Waals surface area contributed by atoms with Crippen LogP contribution in [0.1, 0.15) is 58.3 Å². The number of amides is 1. The summed E-state index contributed by atoms with van der Waals surface area (Å²) in [5.74, 6) is -0.485. The van der Waals surface area contributed by atoms with Crippen LogP contribution in [0, 0.1) is 0 Å². The zero-order valence-electron chi connectivity index (χ0n) is 9.67. The van der Waals surface area contributed by atoms with Crippen LogP contribution >= 0.6 is 0 Å². The molecular formula is C11H24N2O2. The van der Waals surface area contributed by atoms with Gasteiger partial charge in [-0.05, 0) is 6.42 Å². The zero-order chi connectivity index (χ0) is 11.5. The fourth-order valence-corrected chi connectivity index (χ4v) is 1.54. The van der Waals surface area contributed by atoms with Gasteiger partial charge in [0, 0.05) is 0 Å². The van der Waals surface area contributed by atoms with Crippen molar-refractivity contribution < 1.29 is 10.0 Å². The molecule has 0 bridgehead atoms. The van der Waals surface area contributed by atoms with E-state index in [1.54, 1.807) is 5.48 Å². The number of hydrogen-bond acceptors (Lipinski definition) is 3. The molecule has 4 N–H and O–H groups in total. The van der Waals surface area contributed by atoms with E-state index in [1.807, 2.05) is 0 Å². The summed E-state index contributed by atoms with van der Waals surface area (Å²) >= 11 is 0. The summed E-state index contributed by atoms with van der Waals surface area (Å²) in [4.78, 5) is 10.8. The molecule has 0 aromatic heterocycles. The van der Waals surface area contributed by atoms with E-state index in [0.29, 0.717) is 6.42 Å². The minimum absolute atomic E-state index is 0.485. The van der Waals surface area contributed by atoms with Crippen molar-refractivity contribution in [1.29, 1.82) is 0 Å². The highest BCUT2D eigenvalue weighted by molar-refractivity contribution is 5.80. The fourth-order valence-electron chi connectivity index (χ4n) is 1.54. The van der Waals surface area contributed by atoms with Crippen LogP contribution < -0.4 is 11.2 Å². The largest absolute Gasteiger partial charge is 0.320 e. The smallest absolute Gasteiger partial charge is 0.260 e. The van der Waals surface area contributed by atoms with Gasteiger partial charge in [-0.15, -0.1) is 0 Å². The zero-order valence-corrected chi connectivity index (χ0v) is 9.67. The predicted molar refractivity (Wildman–Crippen MR) is 60.5 cm³/mol. The summed E-state index contributed by atoms with van der Waals surface area (Å²) in [5, 5.41) is 8.33. The van der Waals surface area contributed by atoms with Gasteiger partial charge in [0.05, 0.1) is 6.04 Å². The van der Waals surface area contributed by atoms with Gasteiger partial charge in [-0.2, -0.15) is 0 Å². The van der Waals surface area contributed by atoms with Crippen LogP contribution in [0.2, 0.25) is 0 Å². The van der Waals surface area contributed by atoms with Crippen LogP contribution in [0.4, 0.5) is 0 Å². The maximum absolute atomic E-state index is 10.8. The lowest BCUT2D eigenvalue weighted by Gasteiger charge is -2.08. The van der Waals surface area contributed by atoms with Gasteiger partial charge in [0.1, 0.15) is 0 Å². The Morgan fingerprint density at radius 3 is 2.27 bits per heavy atom. The van der Waals surface area contributed by atoms with Crippen molar-refractivity contribution in [2.75, 3.05) is 0 Å². The van der Waals surface area contributed by atoms with E-state index in [0.717, 1.165) is 12.8 Å². The first kappa shape index (κ1) is 14.4. The van der Waals surface area contributed by atoms with Crippen molar-refractivity contribution in [1.82, 2.24) is 5.48 Å². The average molecular weight is 216 g/mol. The molecule has 1 amide bonds. The van der Waals surface area contributed by atoms with Gasteiger partial charge in [0.25, 0.3) is 5.91 Å². The molecule has 0 fully saturated rings. The Kier molecular flexibility index (Phi) is 9.52. The van der Waals surface area contributed by atoms with Crippen molar-refractivity contribution >= 4 is 5.91 Å². The molecular weight excluding hydrogens is 192 g/mol. The maximum atomic E-state index is 10.8. The van der Waals surface area contributed by atoms with Gasteiger partial charge in [-0.25, -0.2) is 5.48 Å². The number of hydrogen-bond donors (Lipinski definition) is 3. The summed E-state index contributed by atoms with van der Waals surface area (Å²) in [7, 11) is 0. The molecule has 0 aliphatic carbocycles. The number of carbonyl (C=O) groups excluding carboxylic acids is 1. The summed E-state index contributed by atoms with van der Waals surface area (Å²) in [6.07, 6.45) is 9.10. The Morgan fingerprint density at radius 1 is 1.20 bits per heavy atom. The Hall–Kier alpha value is -0.610. The minimum atomic E-state index is -0.564. The molecule has 1 unspecified atom stereocenters. The quantitative estimate of drug-likeness (QED) is 0.313. The number of unbranched alkanes of at least 4 members (excludes halogenated alkanes) is 6. The third-order valence-electron chi connectivity index (χ3n) is 2.57. The molecule has 15 heavy (non-hydrogen) atoms. The van der Waals surface area contributed by atoms with Gasteiger partial charge in [0.15, 0.2) is 0 Å². The van der Waals surface area contributed by atoms with Crippen LogP contribution in [-0.4, -0.2) is 17.2 Å². The first-order valence-corrected chi connectivity index (χ1v) is 5.92. The third-order valence-corrected chi connectivity index (χ3v) is 2.57. The van der Waals surface area contributed by atoms with E-state index in [-0.39, 0.29) is 0 Å². The summed E-state index contributed by atoms with van der Waals surface area (Å²) in [6.45, 7) is 2.20. The normalized spacial score (nSPS) is 12.5. The molecule has 0 aromatic carbocycles. The topological polar surface area (TPSA) is 75.4 Å². The van der Waals surface area contributed by atoms with Crippen LogP contribution in [0.15, 0.2) is 0 Å². The Bertz CT molecular complexity index is 163. The second kappa shape index (κ2) is 9.93. The Balaban J connectivity index is 3.20. The van der Waals surface area contributed by atoms with Gasteiger partial charge < -0.3 is 5.73 Å². The number of rotatable bonds is 9. The molecule has 0 saturated heterocycles. The molecule has 0 spiro atoms. The van der Waals surface area contributed by atoms with Crippen LogP contribution in [0.3, 0.4) is 0 Å². The van der Waals surface area contributed by atoms with Gasteiger partial charge in [-0.3, -0.25) is 10.0 Å². The number of nitrogens with two attached hydrogens (primary N) is 1. The average Bonchev–Trinajstić information content (AvgIpc) is 2.26. The number of carbonyl (C=O) groups is 1. The first-order chi connectivity index (χ1) is 7.22. The second-order valence-corrected chi connectivity index (χ2v) is 3.99. The van der Waals surface area contributed by atoms with Gasteiger partial charge in [0.2, 0.25) is 0 Å². The lowest BCUT2D eigenvalue weighted by atomic mass is 10.1. The molecule has 4 heteroatoms. The summed E-state index contributed by atoms with van der Waals surface area (Å²) in [5.41, 5.74) is 7.09. The molecule has 0 radical (unpaired) electrons. The molecule has 0 heterocycles. The highest BCUT2D eigenvalue weighted by atomic mass is 16.5. The first-order valence-electron chi connectivity index (χ1n) is 5.92. The van der Waals surface area contributed by atoms with Crippen LogP contribution in [0.25, 0.3) is 0 Å². The lowest BCUT2D eigenvalue weighted by molar-refractivity contribution is -0.130. The van der Waals surface area contributed by atoms with Crippen molar-refractivity contribution in [3.8, 4) is 0 Å². The molecule has 90 valence electrons. The van der Waals surface area contributed by atoms with Gasteiger partial charge in [-0.1, -0.05) is 51.9 Å². The molecule has 0 aromatic rings. The summed E-state index contributed by atoms with van der Waals surface area (Å²) < 4.78 is 0. The monoisotopic (exact) mass is 216 g/mol. The SMILES string of the molecule is CCCCCCCCCC(N)C(=O)NO. The maximum Gasteiger partial charge on any atom is 0.260 e. The Morgan fingerprint density at radius 2 is 1.73 bits per heavy atom. The van der Waals surface area contributed by atoms with Crippen molar-refractivity contribution in [3.63, 3.8) is 0 Å². The standard InChI is InChI=1S/C11H24N2O2/c1-2-3-4-5-6-7-8-9-10(12)11(14)13-15/h10,15H,2-9,12H2,1H3,(H,13,14). The Labute approximate surface area is 92.2 Å². The van der Waals surface area contributed by atoms with E-state index < -0.39 is 11.9 Å². The molecule has 0 saturated carbocycles. The van der Waals surface area contributed by atoms with E-state index >= 15 is 0 Å². The number of hydroxylamine groups is 1. The van der Waals surface area contributed by atoms with Gasteiger partial charge >= 0.3 is 0 Å². The predicted octanol–water partition coefficient (Wildman–Crippen LogP) is 1.96. The number of nitrogens with one attached hydrogen (secondary N) is 1. The third kappa shape index (κ3) is 8.39. The van der Waals surface area contributed by atoms with Crippen LogP contribution in [-0.2, 0) is 4.79 Å². The van der Waals surface area contributed by atoms with E-state index in [9.17, 15) is 4.79 Å². The van der Waals surface area contributed by atoms with Crippen molar-refractivity contribution in [3.05, 3.63) is 0 Å². The van der Waals surface area contributed by atoms with E-state index in [2.05, 4.69) is 6.92 Å². The summed E-state index contributed by atoms with van der Waals surface area (Å²) in [6, 6.07) is -0.564. The highest BCUT2D eigenvalue weighted by Gasteiger charge is 2.10. The van der Waals surface area contributed by atoms with Crippen molar-refractivity contribution in [2.45, 2.75) is 64.3 Å². The minimum Gasteiger partial charge on any atom is -0.320 e. The van der Waals surface area contributed by atoms with E-state index in [1.165, 1.54) is 32.1 Å². The highest BCUT2D eigenvalue weighted by Crippen LogP contribution is 2.09. The molecule has 0 aliphatic heterocycles. The van der Waals surface area contributed by atoms with E-state index in [4.69, 9.17) is 10.9 Å². The van der Waals surface area contributed by atoms with Crippen LogP contribution in [0.5, 0.6) is 0 Å². The lowest BCUT2D eigenvalue weighted by Crippen LogP contribution is -2.38.